The standard InChI is InChI=1S/C22H23N3O/c1-3-4-10-21-24-20-14-23-19-12-11-17(13-18(19)22(20)25(21)2)26-15-16-8-6-5-7-9-16/h5-9,11-14H,3-4,10,15H2,1-2H3. The van der Waals surface area contributed by atoms with Crippen molar-refractivity contribution in [1.82, 2.24) is 14.5 Å². The number of hydrogen-bond donors (Lipinski definition) is 0. The molecule has 2 aromatic carbocycles. The third-order valence-corrected chi connectivity index (χ3v) is 4.77. The van der Waals surface area contributed by atoms with Gasteiger partial charge in [0.2, 0.25) is 0 Å². The monoisotopic (exact) mass is 345 g/mol. The van der Waals surface area contributed by atoms with Crippen molar-refractivity contribution < 1.29 is 4.74 Å². The maximum absolute atomic E-state index is 6.00. The molecule has 0 saturated heterocycles. The van der Waals surface area contributed by atoms with E-state index in [-0.39, 0.29) is 0 Å². The summed E-state index contributed by atoms with van der Waals surface area (Å²) in [7, 11) is 2.09. The fourth-order valence-electron chi connectivity index (χ4n) is 3.31. The van der Waals surface area contributed by atoms with E-state index in [0.717, 1.165) is 51.9 Å². The lowest BCUT2D eigenvalue weighted by atomic mass is 10.2. The van der Waals surface area contributed by atoms with Gasteiger partial charge in [-0.3, -0.25) is 4.98 Å². The second-order valence-electron chi connectivity index (χ2n) is 6.64. The highest BCUT2D eigenvalue weighted by Gasteiger charge is 2.12. The van der Waals surface area contributed by atoms with Crippen LogP contribution >= 0.6 is 0 Å². The van der Waals surface area contributed by atoms with E-state index >= 15 is 0 Å². The predicted molar refractivity (Wildman–Crippen MR) is 105 cm³/mol. The van der Waals surface area contributed by atoms with Gasteiger partial charge in [-0.15, -0.1) is 0 Å². The summed E-state index contributed by atoms with van der Waals surface area (Å²) in [4.78, 5) is 9.35. The molecule has 0 bridgehead atoms. The Labute approximate surface area is 153 Å². The summed E-state index contributed by atoms with van der Waals surface area (Å²) in [5, 5.41) is 1.09. The lowest BCUT2D eigenvalue weighted by Gasteiger charge is -2.08. The lowest BCUT2D eigenvalue weighted by Crippen LogP contribution is -1.98. The Kier molecular flexibility index (Phi) is 4.57. The first-order valence-corrected chi connectivity index (χ1v) is 9.17. The summed E-state index contributed by atoms with van der Waals surface area (Å²) in [5.74, 6) is 1.97. The minimum atomic E-state index is 0.558. The van der Waals surface area contributed by atoms with Crippen molar-refractivity contribution in [3.63, 3.8) is 0 Å². The Morgan fingerprint density at radius 2 is 1.88 bits per heavy atom. The molecule has 0 unspecified atom stereocenters. The number of nitrogens with zero attached hydrogens (tertiary/aromatic N) is 3. The Morgan fingerprint density at radius 3 is 2.69 bits per heavy atom. The predicted octanol–water partition coefficient (Wildman–Crippen LogP) is 5.04. The summed E-state index contributed by atoms with van der Waals surface area (Å²) in [6.45, 7) is 2.76. The molecule has 2 aromatic heterocycles. The van der Waals surface area contributed by atoms with E-state index in [1.165, 1.54) is 6.42 Å². The summed E-state index contributed by atoms with van der Waals surface area (Å²) in [5.41, 5.74) is 4.21. The number of ether oxygens (including phenoxy) is 1. The molecular weight excluding hydrogens is 322 g/mol. The molecule has 132 valence electrons. The van der Waals surface area contributed by atoms with Crippen LogP contribution in [0.15, 0.2) is 54.7 Å². The van der Waals surface area contributed by atoms with Gasteiger partial charge in [-0.1, -0.05) is 43.7 Å². The Balaban J connectivity index is 1.71. The molecule has 0 atom stereocenters. The largest absolute Gasteiger partial charge is 0.489 e. The van der Waals surface area contributed by atoms with Gasteiger partial charge in [0.1, 0.15) is 23.7 Å². The molecule has 0 saturated carbocycles. The van der Waals surface area contributed by atoms with Gasteiger partial charge in [-0.05, 0) is 30.2 Å². The van der Waals surface area contributed by atoms with E-state index in [2.05, 4.69) is 41.7 Å². The van der Waals surface area contributed by atoms with E-state index in [0.29, 0.717) is 6.61 Å². The second-order valence-corrected chi connectivity index (χ2v) is 6.64. The maximum atomic E-state index is 6.00. The topological polar surface area (TPSA) is 39.9 Å². The number of benzene rings is 2. The number of rotatable bonds is 6. The average Bonchev–Trinajstić information content (AvgIpc) is 3.01. The third-order valence-electron chi connectivity index (χ3n) is 4.77. The van der Waals surface area contributed by atoms with Crippen LogP contribution < -0.4 is 4.74 Å². The Hall–Kier alpha value is -2.88. The smallest absolute Gasteiger partial charge is 0.120 e. The van der Waals surface area contributed by atoms with Gasteiger partial charge in [0, 0.05) is 18.9 Å². The highest BCUT2D eigenvalue weighted by molar-refractivity contribution is 6.02. The van der Waals surface area contributed by atoms with Crippen LogP contribution in [0.3, 0.4) is 0 Å². The minimum Gasteiger partial charge on any atom is -0.489 e. The molecule has 2 heterocycles. The van der Waals surface area contributed by atoms with Crippen LogP contribution in [0.2, 0.25) is 0 Å². The van der Waals surface area contributed by atoms with E-state index in [4.69, 9.17) is 9.72 Å². The second kappa shape index (κ2) is 7.16. The molecule has 0 aliphatic carbocycles. The number of fused-ring (bicyclic) bond motifs is 3. The van der Waals surface area contributed by atoms with Crippen LogP contribution in [-0.4, -0.2) is 14.5 Å². The number of aryl methyl sites for hydroxylation is 2. The van der Waals surface area contributed by atoms with Crippen molar-refractivity contribution in [3.05, 3.63) is 66.1 Å². The SMILES string of the molecule is CCCCc1nc2cnc3ccc(OCc4ccccc4)cc3c2n1C. The number of pyridine rings is 1. The summed E-state index contributed by atoms with van der Waals surface area (Å²) >= 11 is 0. The van der Waals surface area contributed by atoms with E-state index in [9.17, 15) is 0 Å². The quantitative estimate of drug-likeness (QED) is 0.491. The number of unbranched alkanes of at least 4 members (excludes halogenated alkanes) is 1. The molecular formula is C22H23N3O. The molecule has 4 aromatic rings. The van der Waals surface area contributed by atoms with Gasteiger partial charge >= 0.3 is 0 Å². The van der Waals surface area contributed by atoms with Gasteiger partial charge in [0.25, 0.3) is 0 Å². The van der Waals surface area contributed by atoms with Crippen LogP contribution in [0.5, 0.6) is 5.75 Å². The Morgan fingerprint density at radius 1 is 1.04 bits per heavy atom. The highest BCUT2D eigenvalue weighted by Crippen LogP contribution is 2.28. The lowest BCUT2D eigenvalue weighted by molar-refractivity contribution is 0.306. The summed E-state index contributed by atoms with van der Waals surface area (Å²) in [6.07, 6.45) is 5.18. The van der Waals surface area contributed by atoms with Crippen molar-refractivity contribution in [2.24, 2.45) is 7.05 Å². The fourth-order valence-corrected chi connectivity index (χ4v) is 3.31. The van der Waals surface area contributed by atoms with Crippen molar-refractivity contribution in [2.45, 2.75) is 32.8 Å². The first-order chi connectivity index (χ1) is 12.8. The summed E-state index contributed by atoms with van der Waals surface area (Å²) < 4.78 is 8.21. The molecule has 0 radical (unpaired) electrons. The first kappa shape index (κ1) is 16.6. The Bertz CT molecular complexity index is 1040. The van der Waals surface area contributed by atoms with Crippen LogP contribution in [0.25, 0.3) is 21.9 Å². The maximum Gasteiger partial charge on any atom is 0.120 e. The number of aromatic nitrogens is 3. The van der Waals surface area contributed by atoms with Gasteiger partial charge in [0.15, 0.2) is 0 Å². The zero-order valence-corrected chi connectivity index (χ0v) is 15.3. The van der Waals surface area contributed by atoms with E-state index in [1.54, 1.807) is 0 Å². The van der Waals surface area contributed by atoms with Gasteiger partial charge in [-0.2, -0.15) is 0 Å². The van der Waals surface area contributed by atoms with Gasteiger partial charge in [-0.25, -0.2) is 4.98 Å². The molecule has 0 fully saturated rings. The zero-order chi connectivity index (χ0) is 17.9. The highest BCUT2D eigenvalue weighted by atomic mass is 16.5. The van der Waals surface area contributed by atoms with Crippen molar-refractivity contribution in [3.8, 4) is 5.75 Å². The minimum absolute atomic E-state index is 0.558. The summed E-state index contributed by atoms with van der Waals surface area (Å²) in [6, 6.07) is 16.3. The van der Waals surface area contributed by atoms with Crippen molar-refractivity contribution in [1.29, 1.82) is 0 Å². The van der Waals surface area contributed by atoms with Crippen molar-refractivity contribution >= 4 is 21.9 Å². The van der Waals surface area contributed by atoms with Crippen LogP contribution in [0.4, 0.5) is 0 Å². The molecule has 0 aliphatic heterocycles. The molecule has 0 N–H and O–H groups in total. The average molecular weight is 345 g/mol. The van der Waals surface area contributed by atoms with Crippen LogP contribution in [0, 0.1) is 0 Å². The van der Waals surface area contributed by atoms with Crippen LogP contribution in [0.1, 0.15) is 31.2 Å². The molecule has 0 aliphatic rings. The first-order valence-electron chi connectivity index (χ1n) is 9.17. The van der Waals surface area contributed by atoms with E-state index < -0.39 is 0 Å². The molecule has 26 heavy (non-hydrogen) atoms. The number of hydrogen-bond acceptors (Lipinski definition) is 3. The molecule has 0 amide bonds. The zero-order valence-electron chi connectivity index (χ0n) is 15.3. The van der Waals surface area contributed by atoms with Gasteiger partial charge in [0.05, 0.1) is 17.2 Å². The fraction of sp³-hybridized carbons (Fsp3) is 0.273. The van der Waals surface area contributed by atoms with E-state index in [1.807, 2.05) is 36.5 Å². The third kappa shape index (κ3) is 3.15. The van der Waals surface area contributed by atoms with Crippen LogP contribution in [-0.2, 0) is 20.1 Å². The molecule has 0 spiro atoms. The molecule has 4 heteroatoms. The molecule has 4 rings (SSSR count). The molecule has 4 nitrogen and oxygen atoms in total. The van der Waals surface area contributed by atoms with Gasteiger partial charge < -0.3 is 9.30 Å². The normalized spacial score (nSPS) is 11.3. The van der Waals surface area contributed by atoms with Crippen molar-refractivity contribution in [2.75, 3.05) is 0 Å². The number of imidazole rings is 1.